The lowest BCUT2D eigenvalue weighted by atomic mass is 10.1. The van der Waals surface area contributed by atoms with Gasteiger partial charge in [0.15, 0.2) is 11.5 Å². The van der Waals surface area contributed by atoms with Gasteiger partial charge < -0.3 is 14.8 Å². The summed E-state index contributed by atoms with van der Waals surface area (Å²) in [5.74, 6) is -0.401. The molecule has 1 fully saturated rings. The molecule has 0 bridgehead atoms. The van der Waals surface area contributed by atoms with Gasteiger partial charge in [0.25, 0.3) is 11.1 Å². The van der Waals surface area contributed by atoms with Gasteiger partial charge >= 0.3 is 0 Å². The van der Waals surface area contributed by atoms with E-state index in [1.807, 2.05) is 20.8 Å². The van der Waals surface area contributed by atoms with Crippen molar-refractivity contribution >= 4 is 40.6 Å². The zero-order valence-electron chi connectivity index (χ0n) is 18.6. The lowest BCUT2D eigenvalue weighted by Gasteiger charge is -2.16. The molecule has 0 radical (unpaired) electrons. The number of ether oxygens (including phenoxy) is 2. The molecule has 1 unspecified atom stereocenters. The predicted molar refractivity (Wildman–Crippen MR) is 126 cm³/mol. The second kappa shape index (κ2) is 11.0. The number of halogens is 1. The number of benzene rings is 2. The van der Waals surface area contributed by atoms with Crippen LogP contribution in [0, 0.1) is 5.82 Å². The van der Waals surface area contributed by atoms with Gasteiger partial charge in [-0.15, -0.1) is 0 Å². The van der Waals surface area contributed by atoms with E-state index in [1.165, 1.54) is 24.3 Å². The Morgan fingerprint density at radius 1 is 1.15 bits per heavy atom. The van der Waals surface area contributed by atoms with Crippen molar-refractivity contribution in [2.45, 2.75) is 33.3 Å². The smallest absolute Gasteiger partial charge is 0.294 e. The highest BCUT2D eigenvalue weighted by Crippen LogP contribution is 2.35. The van der Waals surface area contributed by atoms with E-state index in [2.05, 4.69) is 5.32 Å². The van der Waals surface area contributed by atoms with Crippen molar-refractivity contribution in [3.63, 3.8) is 0 Å². The highest BCUT2D eigenvalue weighted by atomic mass is 32.2. The van der Waals surface area contributed by atoms with Crippen molar-refractivity contribution in [3.8, 4) is 11.5 Å². The summed E-state index contributed by atoms with van der Waals surface area (Å²) >= 11 is 0.761. The highest BCUT2D eigenvalue weighted by Gasteiger charge is 2.36. The zero-order chi connectivity index (χ0) is 24.0. The van der Waals surface area contributed by atoms with Gasteiger partial charge in [0.05, 0.1) is 17.6 Å². The maximum Gasteiger partial charge on any atom is 0.294 e. The fraction of sp³-hybridized carbons (Fsp3) is 0.292. The summed E-state index contributed by atoms with van der Waals surface area (Å²) < 4.78 is 24.6. The molecule has 0 aliphatic carbocycles. The average molecular weight is 473 g/mol. The Balaban J connectivity index is 1.72. The van der Waals surface area contributed by atoms with Gasteiger partial charge in [0, 0.05) is 5.69 Å². The number of carbonyl (C=O) groups is 3. The topological polar surface area (TPSA) is 84.9 Å². The minimum atomic E-state index is -0.560. The Labute approximate surface area is 195 Å². The lowest BCUT2D eigenvalue weighted by molar-refractivity contribution is -0.127. The van der Waals surface area contributed by atoms with Crippen molar-refractivity contribution in [1.29, 1.82) is 0 Å². The van der Waals surface area contributed by atoms with Crippen LogP contribution in [-0.4, -0.2) is 41.2 Å². The Hall–Kier alpha value is -3.33. The lowest BCUT2D eigenvalue weighted by Crippen LogP contribution is -2.36. The molecule has 0 aromatic heterocycles. The van der Waals surface area contributed by atoms with E-state index in [1.54, 1.807) is 24.3 Å². The predicted octanol–water partition coefficient (Wildman–Crippen LogP) is 5.08. The van der Waals surface area contributed by atoms with Gasteiger partial charge in [-0.3, -0.25) is 19.3 Å². The Bertz CT molecular complexity index is 1070. The number of nitrogens with one attached hydrogen (secondary N) is 1. The largest absolute Gasteiger partial charge is 0.490 e. The fourth-order valence-electron chi connectivity index (χ4n) is 2.95. The van der Waals surface area contributed by atoms with Gasteiger partial charge in [-0.1, -0.05) is 13.0 Å². The Morgan fingerprint density at radius 2 is 1.88 bits per heavy atom. The molecular weight excluding hydrogens is 447 g/mol. The van der Waals surface area contributed by atoms with E-state index < -0.39 is 29.4 Å². The van der Waals surface area contributed by atoms with Crippen LogP contribution in [0.4, 0.5) is 14.9 Å². The minimum absolute atomic E-state index is 0.0209. The third kappa shape index (κ3) is 6.35. The summed E-state index contributed by atoms with van der Waals surface area (Å²) in [6.45, 7) is 5.86. The summed E-state index contributed by atoms with van der Waals surface area (Å²) in [5, 5.41) is 2.00. The summed E-state index contributed by atoms with van der Waals surface area (Å²) in [6.07, 6.45) is 2.45. The molecule has 0 saturated carbocycles. The maximum atomic E-state index is 13.0. The average Bonchev–Trinajstić information content (AvgIpc) is 3.04. The molecule has 7 nitrogen and oxygen atoms in total. The number of rotatable bonds is 9. The first-order valence-corrected chi connectivity index (χ1v) is 11.4. The van der Waals surface area contributed by atoms with Crippen LogP contribution in [0.3, 0.4) is 0 Å². The van der Waals surface area contributed by atoms with E-state index in [0.29, 0.717) is 29.4 Å². The number of hydrogen-bond acceptors (Lipinski definition) is 6. The SMILES string of the molecule is CCOc1cc(/C=C2/SC(=O)N(CC(=O)Nc3ccc(F)cc3)C2=O)ccc1OC(C)CC. The number of nitrogens with zero attached hydrogens (tertiary/aromatic N) is 1. The van der Waals surface area contributed by atoms with Crippen LogP contribution >= 0.6 is 11.8 Å². The van der Waals surface area contributed by atoms with Crippen molar-refractivity contribution in [2.24, 2.45) is 0 Å². The second-order valence-corrected chi connectivity index (χ2v) is 8.29. The first-order chi connectivity index (χ1) is 15.8. The molecule has 3 amide bonds. The summed E-state index contributed by atoms with van der Waals surface area (Å²) in [7, 11) is 0. The zero-order valence-corrected chi connectivity index (χ0v) is 19.4. The molecule has 1 heterocycles. The summed E-state index contributed by atoms with van der Waals surface area (Å²) in [5.41, 5.74) is 1.03. The van der Waals surface area contributed by atoms with Crippen LogP contribution in [0.5, 0.6) is 11.5 Å². The van der Waals surface area contributed by atoms with Crippen LogP contribution in [0.15, 0.2) is 47.4 Å². The Morgan fingerprint density at radius 3 is 2.55 bits per heavy atom. The van der Waals surface area contributed by atoms with E-state index in [0.717, 1.165) is 23.1 Å². The van der Waals surface area contributed by atoms with Crippen molar-refractivity contribution in [1.82, 2.24) is 4.90 Å². The molecule has 1 N–H and O–H groups in total. The third-order valence-corrected chi connectivity index (χ3v) is 5.68. The van der Waals surface area contributed by atoms with E-state index in [9.17, 15) is 18.8 Å². The molecule has 2 aromatic carbocycles. The molecule has 3 rings (SSSR count). The summed E-state index contributed by atoms with van der Waals surface area (Å²) in [6, 6.07) is 10.5. The van der Waals surface area contributed by atoms with E-state index in [-0.39, 0.29) is 11.0 Å². The van der Waals surface area contributed by atoms with Gasteiger partial charge in [-0.25, -0.2) is 4.39 Å². The van der Waals surface area contributed by atoms with Crippen LogP contribution in [0.25, 0.3) is 6.08 Å². The number of hydrogen-bond donors (Lipinski definition) is 1. The number of anilines is 1. The van der Waals surface area contributed by atoms with Crippen molar-refractivity contribution in [2.75, 3.05) is 18.5 Å². The molecule has 2 aromatic rings. The monoisotopic (exact) mass is 472 g/mol. The first kappa shape index (κ1) is 24.3. The van der Waals surface area contributed by atoms with Gasteiger partial charge in [0.1, 0.15) is 12.4 Å². The minimum Gasteiger partial charge on any atom is -0.490 e. The molecule has 174 valence electrons. The van der Waals surface area contributed by atoms with Crippen LogP contribution in [0.2, 0.25) is 0 Å². The molecule has 1 saturated heterocycles. The number of amides is 3. The molecule has 1 atom stereocenters. The number of imide groups is 1. The quantitative estimate of drug-likeness (QED) is 0.513. The Kier molecular flexibility index (Phi) is 8.11. The first-order valence-electron chi connectivity index (χ1n) is 10.5. The van der Waals surface area contributed by atoms with Crippen molar-refractivity contribution < 1.29 is 28.2 Å². The fourth-order valence-corrected chi connectivity index (χ4v) is 3.78. The molecule has 1 aliphatic heterocycles. The van der Waals surface area contributed by atoms with Crippen molar-refractivity contribution in [3.05, 3.63) is 58.8 Å². The van der Waals surface area contributed by atoms with Crippen LogP contribution < -0.4 is 14.8 Å². The van der Waals surface area contributed by atoms with Crippen LogP contribution in [-0.2, 0) is 9.59 Å². The molecule has 0 spiro atoms. The van der Waals surface area contributed by atoms with Gasteiger partial charge in [0.2, 0.25) is 5.91 Å². The highest BCUT2D eigenvalue weighted by molar-refractivity contribution is 8.18. The van der Waals surface area contributed by atoms with Crippen LogP contribution in [0.1, 0.15) is 32.8 Å². The third-order valence-electron chi connectivity index (χ3n) is 4.77. The second-order valence-electron chi connectivity index (χ2n) is 7.30. The molecule has 1 aliphatic rings. The molecule has 9 heteroatoms. The standard InChI is InChI=1S/C24H25FN2O5S/c1-4-15(3)32-19-11-6-16(12-20(19)31-5-2)13-21-23(29)27(24(30)33-21)14-22(28)26-18-9-7-17(25)8-10-18/h6-13,15H,4-5,14H2,1-3H3,(H,26,28)/b21-13+. The maximum absolute atomic E-state index is 13.0. The molecule has 33 heavy (non-hydrogen) atoms. The number of carbonyl (C=O) groups excluding carboxylic acids is 3. The summed E-state index contributed by atoms with van der Waals surface area (Å²) in [4.78, 5) is 38.4. The number of thioether (sulfide) groups is 1. The van der Waals surface area contributed by atoms with Gasteiger partial charge in [-0.05, 0) is 80.1 Å². The van der Waals surface area contributed by atoms with E-state index in [4.69, 9.17) is 9.47 Å². The van der Waals surface area contributed by atoms with E-state index >= 15 is 0 Å². The molecular formula is C24H25FN2O5S. The normalized spacial score (nSPS) is 15.6. The van der Waals surface area contributed by atoms with Gasteiger partial charge in [-0.2, -0.15) is 0 Å².